The molecule has 0 aromatic carbocycles. The lowest BCUT2D eigenvalue weighted by Crippen LogP contribution is -2.21. The van der Waals surface area contributed by atoms with Crippen LogP contribution in [0.15, 0.2) is 0 Å². The minimum absolute atomic E-state index is 0.505. The average Bonchev–Trinajstić information content (AvgIpc) is 2.64. The molecule has 0 spiro atoms. The van der Waals surface area contributed by atoms with Crippen LogP contribution in [0.3, 0.4) is 0 Å². The van der Waals surface area contributed by atoms with E-state index in [0.29, 0.717) is 12.2 Å². The van der Waals surface area contributed by atoms with Crippen molar-refractivity contribution in [3.63, 3.8) is 0 Å². The van der Waals surface area contributed by atoms with Crippen LogP contribution in [0, 0.1) is 0 Å². The van der Waals surface area contributed by atoms with Gasteiger partial charge in [-0.2, -0.15) is 0 Å². The van der Waals surface area contributed by atoms with Crippen LogP contribution in [0.4, 0.5) is 0 Å². The van der Waals surface area contributed by atoms with Crippen LogP contribution in [0.2, 0.25) is 0 Å². The molecule has 0 amide bonds. The van der Waals surface area contributed by atoms with E-state index < -0.39 is 0 Å². The smallest absolute Gasteiger partial charge is 0.0576 e. The molecule has 0 aliphatic carbocycles. The summed E-state index contributed by atoms with van der Waals surface area (Å²) in [6.07, 6.45) is 25.5. The number of hydrogen-bond acceptors (Lipinski definition) is 1. The largest absolute Gasteiger partial charge is 0.375 e. The average molecular weight is 355 g/mol. The van der Waals surface area contributed by atoms with Gasteiger partial charge in [-0.05, 0) is 25.7 Å². The van der Waals surface area contributed by atoms with E-state index in [4.69, 9.17) is 4.74 Å². The SMILES string of the molecule is CCCCCCCCCC(CC)OC(CC)CCCCCCCCC. The Morgan fingerprint density at radius 3 is 1.08 bits per heavy atom. The minimum Gasteiger partial charge on any atom is -0.375 e. The summed E-state index contributed by atoms with van der Waals surface area (Å²) in [6, 6.07) is 0. The maximum Gasteiger partial charge on any atom is 0.0576 e. The Balaban J connectivity index is 3.67. The standard InChI is InChI=1S/C24H50O/c1-5-9-11-13-15-17-19-21-23(7-3)25-24(8-4)22-20-18-16-14-12-10-6-2/h23-24H,5-22H2,1-4H3. The van der Waals surface area contributed by atoms with E-state index in [1.54, 1.807) is 0 Å². The van der Waals surface area contributed by atoms with Crippen LogP contribution in [-0.4, -0.2) is 12.2 Å². The molecule has 0 aliphatic rings. The molecule has 0 aromatic heterocycles. The van der Waals surface area contributed by atoms with Crippen molar-refractivity contribution in [1.29, 1.82) is 0 Å². The summed E-state index contributed by atoms with van der Waals surface area (Å²) in [7, 11) is 0. The third-order valence-electron chi connectivity index (χ3n) is 5.55. The molecule has 0 aliphatic heterocycles. The van der Waals surface area contributed by atoms with Crippen LogP contribution in [0.5, 0.6) is 0 Å². The number of rotatable bonds is 20. The van der Waals surface area contributed by atoms with Crippen molar-refractivity contribution in [3.8, 4) is 0 Å². The highest BCUT2D eigenvalue weighted by Gasteiger charge is 2.13. The van der Waals surface area contributed by atoms with Gasteiger partial charge in [0.05, 0.1) is 12.2 Å². The predicted octanol–water partition coefficient (Wildman–Crippen LogP) is 8.84. The van der Waals surface area contributed by atoms with E-state index in [9.17, 15) is 0 Å². The molecule has 0 N–H and O–H groups in total. The van der Waals surface area contributed by atoms with Gasteiger partial charge in [0.1, 0.15) is 0 Å². The third-order valence-corrected chi connectivity index (χ3v) is 5.55. The molecule has 0 saturated heterocycles. The van der Waals surface area contributed by atoms with E-state index in [1.165, 1.54) is 116 Å². The Bertz CT molecular complexity index is 214. The van der Waals surface area contributed by atoms with Crippen LogP contribution < -0.4 is 0 Å². The molecular formula is C24H50O. The van der Waals surface area contributed by atoms with Gasteiger partial charge in [-0.1, -0.05) is 118 Å². The van der Waals surface area contributed by atoms with Gasteiger partial charge in [-0.25, -0.2) is 0 Å². The summed E-state index contributed by atoms with van der Waals surface area (Å²) in [4.78, 5) is 0. The molecule has 25 heavy (non-hydrogen) atoms. The Kier molecular flexibility index (Phi) is 20.2. The van der Waals surface area contributed by atoms with Gasteiger partial charge >= 0.3 is 0 Å². The molecule has 152 valence electrons. The summed E-state index contributed by atoms with van der Waals surface area (Å²) in [5.41, 5.74) is 0. The Morgan fingerprint density at radius 2 is 0.760 bits per heavy atom. The van der Waals surface area contributed by atoms with Crippen LogP contribution in [0.25, 0.3) is 0 Å². The Hall–Kier alpha value is -0.0400. The number of unbranched alkanes of at least 4 members (excludes halogenated alkanes) is 12. The zero-order valence-electron chi connectivity index (χ0n) is 18.3. The van der Waals surface area contributed by atoms with Crippen molar-refractivity contribution in [1.82, 2.24) is 0 Å². The second-order valence-corrected chi connectivity index (χ2v) is 8.02. The zero-order chi connectivity index (χ0) is 18.6. The first-order chi connectivity index (χ1) is 12.3. The monoisotopic (exact) mass is 354 g/mol. The molecule has 0 saturated carbocycles. The summed E-state index contributed by atoms with van der Waals surface area (Å²) in [6.45, 7) is 9.18. The van der Waals surface area contributed by atoms with Crippen molar-refractivity contribution in [2.75, 3.05) is 0 Å². The van der Waals surface area contributed by atoms with Crippen LogP contribution in [-0.2, 0) is 4.74 Å². The molecule has 1 heteroatoms. The summed E-state index contributed by atoms with van der Waals surface area (Å²) in [5.74, 6) is 0. The van der Waals surface area contributed by atoms with Gasteiger partial charge in [0.2, 0.25) is 0 Å². The van der Waals surface area contributed by atoms with E-state index in [-0.39, 0.29) is 0 Å². The summed E-state index contributed by atoms with van der Waals surface area (Å²) >= 11 is 0. The molecule has 0 fully saturated rings. The highest BCUT2D eigenvalue weighted by Crippen LogP contribution is 2.19. The van der Waals surface area contributed by atoms with Gasteiger partial charge in [0, 0.05) is 0 Å². The lowest BCUT2D eigenvalue weighted by molar-refractivity contribution is -0.0257. The van der Waals surface area contributed by atoms with Crippen LogP contribution in [0.1, 0.15) is 143 Å². The van der Waals surface area contributed by atoms with Gasteiger partial charge in [-0.3, -0.25) is 0 Å². The lowest BCUT2D eigenvalue weighted by Gasteiger charge is -2.23. The van der Waals surface area contributed by atoms with E-state index >= 15 is 0 Å². The molecular weight excluding hydrogens is 304 g/mol. The van der Waals surface area contributed by atoms with Gasteiger partial charge < -0.3 is 4.74 Å². The van der Waals surface area contributed by atoms with Gasteiger partial charge in [0.15, 0.2) is 0 Å². The molecule has 0 rings (SSSR count). The summed E-state index contributed by atoms with van der Waals surface area (Å²) in [5, 5.41) is 0. The Labute approximate surface area is 160 Å². The maximum atomic E-state index is 6.44. The minimum atomic E-state index is 0.505. The lowest BCUT2D eigenvalue weighted by atomic mass is 10.0. The number of ether oxygens (including phenoxy) is 1. The quantitative estimate of drug-likeness (QED) is 0.198. The first kappa shape index (κ1) is 25.0. The van der Waals surface area contributed by atoms with Gasteiger partial charge in [-0.15, -0.1) is 0 Å². The highest BCUT2D eigenvalue weighted by molar-refractivity contribution is 4.63. The molecule has 0 bridgehead atoms. The van der Waals surface area contributed by atoms with Crippen molar-refractivity contribution >= 4 is 0 Å². The maximum absolute atomic E-state index is 6.44. The molecule has 0 aromatic rings. The topological polar surface area (TPSA) is 9.23 Å². The fourth-order valence-corrected chi connectivity index (χ4v) is 3.67. The molecule has 1 nitrogen and oxygen atoms in total. The van der Waals surface area contributed by atoms with E-state index in [0.717, 1.165) is 0 Å². The first-order valence-corrected chi connectivity index (χ1v) is 11.9. The molecule has 2 atom stereocenters. The number of hydrogen-bond donors (Lipinski definition) is 0. The second kappa shape index (κ2) is 20.3. The molecule has 2 unspecified atom stereocenters. The van der Waals surface area contributed by atoms with Crippen molar-refractivity contribution in [3.05, 3.63) is 0 Å². The molecule has 0 heterocycles. The third kappa shape index (κ3) is 17.1. The van der Waals surface area contributed by atoms with Crippen molar-refractivity contribution < 1.29 is 4.74 Å². The van der Waals surface area contributed by atoms with Crippen LogP contribution >= 0.6 is 0 Å². The van der Waals surface area contributed by atoms with Gasteiger partial charge in [0.25, 0.3) is 0 Å². The van der Waals surface area contributed by atoms with E-state index in [1.807, 2.05) is 0 Å². The fourth-order valence-electron chi connectivity index (χ4n) is 3.67. The Morgan fingerprint density at radius 1 is 0.440 bits per heavy atom. The second-order valence-electron chi connectivity index (χ2n) is 8.02. The highest BCUT2D eigenvalue weighted by atomic mass is 16.5. The fraction of sp³-hybridized carbons (Fsp3) is 1.00. The van der Waals surface area contributed by atoms with E-state index in [2.05, 4.69) is 27.7 Å². The zero-order valence-corrected chi connectivity index (χ0v) is 18.3. The predicted molar refractivity (Wildman–Crippen MR) is 114 cm³/mol. The molecule has 0 radical (unpaired) electrons. The first-order valence-electron chi connectivity index (χ1n) is 11.9. The van der Waals surface area contributed by atoms with Crippen molar-refractivity contribution in [2.24, 2.45) is 0 Å². The summed E-state index contributed by atoms with van der Waals surface area (Å²) < 4.78 is 6.44. The normalized spacial score (nSPS) is 13.9. The van der Waals surface area contributed by atoms with Crippen molar-refractivity contribution in [2.45, 2.75) is 155 Å².